The van der Waals surface area contributed by atoms with E-state index in [1.807, 2.05) is 6.92 Å². The van der Waals surface area contributed by atoms with Crippen LogP contribution in [0, 0.1) is 6.92 Å². The van der Waals surface area contributed by atoms with Gasteiger partial charge in [0, 0.05) is 30.7 Å². The van der Waals surface area contributed by atoms with Gasteiger partial charge in [0.15, 0.2) is 0 Å². The molecule has 20 heavy (non-hydrogen) atoms. The van der Waals surface area contributed by atoms with E-state index in [0.29, 0.717) is 12.2 Å². The quantitative estimate of drug-likeness (QED) is 0.938. The second-order valence-electron chi connectivity index (χ2n) is 4.87. The van der Waals surface area contributed by atoms with Crippen LogP contribution in [0.5, 0.6) is 0 Å². The number of thiazole rings is 1. The van der Waals surface area contributed by atoms with E-state index in [0.717, 1.165) is 24.5 Å². The van der Waals surface area contributed by atoms with Gasteiger partial charge < -0.3 is 10.2 Å². The number of rotatable bonds is 4. The van der Waals surface area contributed by atoms with Crippen molar-refractivity contribution in [2.45, 2.75) is 13.3 Å². The number of nitrogens with zero attached hydrogens (tertiary/aromatic N) is 2. The number of hydrogen-bond acceptors (Lipinski definition) is 4. The highest BCUT2D eigenvalue weighted by Gasteiger charge is 2.18. The smallest absolute Gasteiger partial charge is 0.270 e. The van der Waals surface area contributed by atoms with Crippen LogP contribution in [0.3, 0.4) is 0 Å². The molecule has 0 bridgehead atoms. The van der Waals surface area contributed by atoms with E-state index in [2.05, 4.69) is 39.5 Å². The van der Waals surface area contributed by atoms with E-state index in [9.17, 15) is 4.79 Å². The highest BCUT2D eigenvalue weighted by molar-refractivity contribution is 7.09. The van der Waals surface area contributed by atoms with Gasteiger partial charge >= 0.3 is 0 Å². The van der Waals surface area contributed by atoms with Crippen LogP contribution in [-0.4, -0.2) is 30.5 Å². The minimum absolute atomic E-state index is 0.0816. The van der Waals surface area contributed by atoms with E-state index in [4.69, 9.17) is 0 Å². The van der Waals surface area contributed by atoms with E-state index < -0.39 is 0 Å². The highest BCUT2D eigenvalue weighted by atomic mass is 32.1. The molecule has 0 saturated carbocycles. The summed E-state index contributed by atoms with van der Waals surface area (Å²) < 4.78 is 0. The van der Waals surface area contributed by atoms with E-state index >= 15 is 0 Å². The third-order valence-electron chi connectivity index (χ3n) is 3.50. The van der Waals surface area contributed by atoms with Gasteiger partial charge in [-0.1, -0.05) is 18.2 Å². The number of fused-ring (bicyclic) bond motifs is 1. The summed E-state index contributed by atoms with van der Waals surface area (Å²) in [6.45, 7) is 4.42. The van der Waals surface area contributed by atoms with Crippen molar-refractivity contribution in [2.24, 2.45) is 0 Å². The van der Waals surface area contributed by atoms with E-state index in [-0.39, 0.29) is 5.91 Å². The average molecular weight is 287 g/mol. The molecule has 0 fully saturated rings. The number of benzene rings is 1. The number of aryl methyl sites for hydroxylation is 1. The molecule has 0 unspecified atom stereocenters. The van der Waals surface area contributed by atoms with Gasteiger partial charge in [-0.15, -0.1) is 11.3 Å². The summed E-state index contributed by atoms with van der Waals surface area (Å²) in [7, 11) is 0. The molecular weight excluding hydrogens is 270 g/mol. The van der Waals surface area contributed by atoms with Crippen molar-refractivity contribution in [3.8, 4) is 0 Å². The molecule has 0 radical (unpaired) electrons. The van der Waals surface area contributed by atoms with Crippen molar-refractivity contribution in [2.75, 3.05) is 24.5 Å². The van der Waals surface area contributed by atoms with Crippen LogP contribution in [0.2, 0.25) is 0 Å². The maximum Gasteiger partial charge on any atom is 0.270 e. The second-order valence-corrected chi connectivity index (χ2v) is 5.94. The summed E-state index contributed by atoms with van der Waals surface area (Å²) in [6, 6.07) is 8.46. The van der Waals surface area contributed by atoms with Crippen molar-refractivity contribution in [1.82, 2.24) is 10.3 Å². The molecule has 1 N–H and O–H groups in total. The van der Waals surface area contributed by atoms with Gasteiger partial charge in [0.1, 0.15) is 5.69 Å². The van der Waals surface area contributed by atoms with Crippen LogP contribution in [0.4, 0.5) is 5.69 Å². The maximum atomic E-state index is 11.9. The third kappa shape index (κ3) is 2.67. The Labute approximate surface area is 122 Å². The molecule has 1 aliphatic rings. The lowest BCUT2D eigenvalue weighted by molar-refractivity contribution is 0.0950. The fourth-order valence-electron chi connectivity index (χ4n) is 2.50. The lowest BCUT2D eigenvalue weighted by Crippen LogP contribution is -2.34. The molecule has 0 saturated heterocycles. The Morgan fingerprint density at radius 1 is 1.45 bits per heavy atom. The number of carbonyl (C=O) groups excluding carboxylic acids is 1. The minimum Gasteiger partial charge on any atom is -0.369 e. The number of hydrogen-bond donors (Lipinski definition) is 1. The number of anilines is 1. The van der Waals surface area contributed by atoms with Crippen LogP contribution in [0.25, 0.3) is 0 Å². The molecule has 1 aromatic heterocycles. The van der Waals surface area contributed by atoms with Crippen LogP contribution >= 0.6 is 11.3 Å². The van der Waals surface area contributed by atoms with Gasteiger partial charge in [-0.2, -0.15) is 0 Å². The largest absolute Gasteiger partial charge is 0.369 e. The number of para-hydroxylation sites is 1. The number of amides is 1. The predicted octanol–water partition coefficient (Wildman–Crippen LogP) is 2.24. The Bertz CT molecular complexity index is 623. The maximum absolute atomic E-state index is 11.9. The first-order chi connectivity index (χ1) is 9.74. The van der Waals surface area contributed by atoms with Gasteiger partial charge in [0.05, 0.1) is 5.01 Å². The second kappa shape index (κ2) is 5.63. The number of aromatic nitrogens is 1. The zero-order valence-electron chi connectivity index (χ0n) is 11.4. The van der Waals surface area contributed by atoms with Crippen molar-refractivity contribution in [3.05, 3.63) is 45.9 Å². The summed E-state index contributed by atoms with van der Waals surface area (Å²) in [6.07, 6.45) is 1.09. The Hall–Kier alpha value is -1.88. The molecule has 0 aliphatic carbocycles. The van der Waals surface area contributed by atoms with Crippen molar-refractivity contribution >= 4 is 22.9 Å². The molecule has 0 spiro atoms. The predicted molar refractivity (Wildman–Crippen MR) is 81.5 cm³/mol. The molecule has 2 aromatic rings. The van der Waals surface area contributed by atoms with Gasteiger partial charge in [0.2, 0.25) is 0 Å². The zero-order valence-corrected chi connectivity index (χ0v) is 12.2. The first-order valence-electron chi connectivity index (χ1n) is 6.77. The summed E-state index contributed by atoms with van der Waals surface area (Å²) in [5.41, 5.74) is 3.22. The molecule has 5 heteroatoms. The van der Waals surface area contributed by atoms with Crippen molar-refractivity contribution < 1.29 is 4.79 Å². The van der Waals surface area contributed by atoms with Crippen LogP contribution < -0.4 is 10.2 Å². The van der Waals surface area contributed by atoms with E-state index in [1.165, 1.54) is 22.6 Å². The van der Waals surface area contributed by atoms with E-state index in [1.54, 1.807) is 5.38 Å². The Morgan fingerprint density at radius 2 is 2.30 bits per heavy atom. The van der Waals surface area contributed by atoms with Gasteiger partial charge in [-0.05, 0) is 25.0 Å². The van der Waals surface area contributed by atoms with Crippen LogP contribution in [-0.2, 0) is 6.42 Å². The molecule has 3 rings (SSSR count). The molecular formula is C15H17N3OS. The fraction of sp³-hybridized carbons (Fsp3) is 0.333. The lowest BCUT2D eigenvalue weighted by Gasteiger charge is -2.19. The monoisotopic (exact) mass is 287 g/mol. The van der Waals surface area contributed by atoms with Crippen molar-refractivity contribution in [3.63, 3.8) is 0 Å². The minimum atomic E-state index is -0.0816. The summed E-state index contributed by atoms with van der Waals surface area (Å²) in [5, 5.41) is 5.65. The zero-order chi connectivity index (χ0) is 13.9. The molecule has 2 heterocycles. The standard InChI is InChI=1S/C15H17N3OS/c1-11-17-13(10-20-11)15(19)16-7-9-18-8-6-12-4-2-3-5-14(12)18/h2-5,10H,6-9H2,1H3,(H,16,19). The lowest BCUT2D eigenvalue weighted by atomic mass is 10.2. The number of carbonyl (C=O) groups is 1. The summed E-state index contributed by atoms with van der Waals surface area (Å²) in [4.78, 5) is 18.4. The van der Waals surface area contributed by atoms with Crippen LogP contribution in [0.15, 0.2) is 29.6 Å². The third-order valence-corrected chi connectivity index (χ3v) is 4.28. The van der Waals surface area contributed by atoms with Crippen LogP contribution in [0.1, 0.15) is 21.1 Å². The van der Waals surface area contributed by atoms with Gasteiger partial charge in [-0.3, -0.25) is 4.79 Å². The highest BCUT2D eigenvalue weighted by Crippen LogP contribution is 2.26. The molecule has 0 atom stereocenters. The SMILES string of the molecule is Cc1nc(C(=O)NCCN2CCc3ccccc32)cs1. The van der Waals surface area contributed by atoms with Gasteiger partial charge in [-0.25, -0.2) is 4.98 Å². The topological polar surface area (TPSA) is 45.2 Å². The Morgan fingerprint density at radius 3 is 3.10 bits per heavy atom. The average Bonchev–Trinajstić information content (AvgIpc) is 3.06. The fourth-order valence-corrected chi connectivity index (χ4v) is 3.09. The molecule has 1 amide bonds. The summed E-state index contributed by atoms with van der Waals surface area (Å²) >= 11 is 1.50. The van der Waals surface area contributed by atoms with Crippen molar-refractivity contribution in [1.29, 1.82) is 0 Å². The van der Waals surface area contributed by atoms with Gasteiger partial charge in [0.25, 0.3) is 5.91 Å². The Kier molecular flexibility index (Phi) is 3.69. The first-order valence-corrected chi connectivity index (χ1v) is 7.65. The molecule has 104 valence electrons. The molecule has 1 aliphatic heterocycles. The first kappa shape index (κ1) is 13.1. The number of nitrogens with one attached hydrogen (secondary N) is 1. The normalized spacial score (nSPS) is 13.3. The molecule has 1 aromatic carbocycles. The Balaban J connectivity index is 1.53. The molecule has 4 nitrogen and oxygen atoms in total. The summed E-state index contributed by atoms with van der Waals surface area (Å²) in [5.74, 6) is -0.0816.